The molecule has 41 heavy (non-hydrogen) atoms. The first kappa shape index (κ1) is 25.4. The minimum absolute atomic E-state index is 0.0344. The molecule has 6 aromatic carbocycles. The molecule has 0 fully saturated rings. The smallest absolute Gasteiger partial charge is 0.126 e. The summed E-state index contributed by atoms with van der Waals surface area (Å²) in [7, 11) is 0. The molecule has 0 saturated heterocycles. The predicted molar refractivity (Wildman–Crippen MR) is 178 cm³/mol. The maximum Gasteiger partial charge on any atom is 0.126 e. The first-order valence-corrected chi connectivity index (χ1v) is 14.8. The van der Waals surface area contributed by atoms with Crippen LogP contribution >= 0.6 is 11.3 Å². The fraction of sp³-hybridized carbons (Fsp3) is 0.105. The van der Waals surface area contributed by atoms with Gasteiger partial charge in [0, 0.05) is 22.9 Å². The highest BCUT2D eigenvalue weighted by Crippen LogP contribution is 2.41. The van der Waals surface area contributed by atoms with Crippen LogP contribution in [0.5, 0.6) is 0 Å². The number of aliphatic imine (C=N–C) groups is 1. The Bertz CT molecular complexity index is 2080. The minimum atomic E-state index is 0.0344. The lowest BCUT2D eigenvalue weighted by Gasteiger charge is -2.20. The second-order valence-electron chi connectivity index (χ2n) is 11.5. The highest BCUT2D eigenvalue weighted by Gasteiger charge is 2.20. The summed E-state index contributed by atoms with van der Waals surface area (Å²) >= 11 is 1.74. The molecule has 0 atom stereocenters. The Labute approximate surface area is 244 Å². The molecule has 0 radical (unpaired) electrons. The van der Waals surface area contributed by atoms with E-state index in [-0.39, 0.29) is 5.41 Å². The Balaban J connectivity index is 1.37. The number of para-hydroxylation sites is 1. The van der Waals surface area contributed by atoms with Gasteiger partial charge in [-0.15, -0.1) is 11.3 Å². The van der Waals surface area contributed by atoms with Crippen molar-refractivity contribution >= 4 is 55.0 Å². The topological polar surface area (TPSA) is 25.2 Å². The molecule has 0 aliphatic rings. The molecule has 0 aliphatic heterocycles. The van der Waals surface area contributed by atoms with E-state index < -0.39 is 0 Å². The van der Waals surface area contributed by atoms with Gasteiger partial charge in [0.05, 0.1) is 15.9 Å². The van der Waals surface area contributed by atoms with Crippen molar-refractivity contribution in [1.29, 1.82) is 0 Å². The summed E-state index contributed by atoms with van der Waals surface area (Å²) in [5.41, 5.74) is 7.84. The maximum atomic E-state index is 5.23. The van der Waals surface area contributed by atoms with Gasteiger partial charge in [-0.05, 0) is 68.4 Å². The minimum Gasteiger partial charge on any atom is -0.256 e. The monoisotopic (exact) mass is 546 g/mol. The van der Waals surface area contributed by atoms with Crippen LogP contribution in [-0.2, 0) is 5.41 Å². The Morgan fingerprint density at radius 1 is 0.659 bits per heavy atom. The van der Waals surface area contributed by atoms with Gasteiger partial charge in [0.1, 0.15) is 5.01 Å². The van der Waals surface area contributed by atoms with Crippen molar-refractivity contribution in [3.8, 4) is 21.7 Å². The third kappa shape index (κ3) is 4.73. The standard InChI is InChI=1S/C38H30N2S/c1-38(2,3)28-22-33(25-13-5-4-6-14-25)36-35(23-28)41-37(40-36)32-19-11-12-20-34(32)39-24-27-21-26-15-7-8-16-29(26)31-18-10-9-17-30(27)31/h4-24H,1-3H3. The van der Waals surface area contributed by atoms with E-state index in [1.807, 2.05) is 6.21 Å². The number of nitrogens with zero attached hydrogens (tertiary/aromatic N) is 2. The molecule has 0 bridgehead atoms. The molecule has 0 unspecified atom stereocenters. The Hall–Kier alpha value is -4.60. The molecule has 0 amide bonds. The van der Waals surface area contributed by atoms with Crippen molar-refractivity contribution in [2.45, 2.75) is 26.2 Å². The van der Waals surface area contributed by atoms with Crippen LogP contribution in [0.2, 0.25) is 0 Å². The summed E-state index contributed by atoms with van der Waals surface area (Å²) in [6, 6.07) is 42.9. The van der Waals surface area contributed by atoms with Crippen molar-refractivity contribution in [2.75, 3.05) is 0 Å². The van der Waals surface area contributed by atoms with Gasteiger partial charge in [-0.25, -0.2) is 4.98 Å². The van der Waals surface area contributed by atoms with Gasteiger partial charge in [-0.1, -0.05) is 112 Å². The normalized spacial score (nSPS) is 12.2. The van der Waals surface area contributed by atoms with E-state index in [1.54, 1.807) is 11.3 Å². The third-order valence-electron chi connectivity index (χ3n) is 7.72. The molecule has 2 nitrogen and oxygen atoms in total. The lowest BCUT2D eigenvalue weighted by atomic mass is 9.85. The molecule has 198 valence electrons. The highest BCUT2D eigenvalue weighted by atomic mass is 32.1. The second kappa shape index (κ2) is 10.1. The fourth-order valence-corrected chi connectivity index (χ4v) is 6.58. The van der Waals surface area contributed by atoms with E-state index >= 15 is 0 Å². The summed E-state index contributed by atoms with van der Waals surface area (Å²) in [6.45, 7) is 6.81. The average molecular weight is 547 g/mol. The Kier molecular flexibility index (Phi) is 6.25. The Morgan fingerprint density at radius 3 is 2.15 bits per heavy atom. The molecule has 7 rings (SSSR count). The summed E-state index contributed by atoms with van der Waals surface area (Å²) in [5, 5.41) is 5.91. The van der Waals surface area contributed by atoms with Gasteiger partial charge in [0.25, 0.3) is 0 Å². The second-order valence-corrected chi connectivity index (χ2v) is 12.5. The van der Waals surface area contributed by atoms with Crippen LogP contribution in [0.1, 0.15) is 31.9 Å². The van der Waals surface area contributed by atoms with Crippen LogP contribution in [0.3, 0.4) is 0 Å². The van der Waals surface area contributed by atoms with Crippen LogP contribution in [-0.4, -0.2) is 11.2 Å². The lowest BCUT2D eigenvalue weighted by molar-refractivity contribution is 0.591. The van der Waals surface area contributed by atoms with Crippen molar-refractivity contribution < 1.29 is 0 Å². The molecule has 1 aromatic heterocycles. The molecule has 0 spiro atoms. The number of hydrogen-bond donors (Lipinski definition) is 0. The summed E-state index contributed by atoms with van der Waals surface area (Å²) in [4.78, 5) is 10.3. The first-order valence-electron chi connectivity index (χ1n) is 14.0. The van der Waals surface area contributed by atoms with Gasteiger partial charge in [-0.2, -0.15) is 0 Å². The third-order valence-corrected chi connectivity index (χ3v) is 8.76. The SMILES string of the molecule is CC(C)(C)c1cc(-c2ccccc2)c2nc(-c3ccccc3N=Cc3cc4ccccc4c4ccccc34)sc2c1. The van der Waals surface area contributed by atoms with Gasteiger partial charge in [0.2, 0.25) is 0 Å². The van der Waals surface area contributed by atoms with E-state index in [0.717, 1.165) is 27.3 Å². The quantitative estimate of drug-likeness (QED) is 0.159. The molecule has 3 heteroatoms. The summed E-state index contributed by atoms with van der Waals surface area (Å²) < 4.78 is 1.20. The summed E-state index contributed by atoms with van der Waals surface area (Å²) in [6.07, 6.45) is 2.01. The molecule has 7 aromatic rings. The highest BCUT2D eigenvalue weighted by molar-refractivity contribution is 7.21. The van der Waals surface area contributed by atoms with E-state index in [0.29, 0.717) is 0 Å². The molecule has 0 saturated carbocycles. The van der Waals surface area contributed by atoms with Crippen LogP contribution in [0.15, 0.2) is 126 Å². The molecule has 0 aliphatic carbocycles. The van der Waals surface area contributed by atoms with E-state index in [2.05, 4.69) is 142 Å². The van der Waals surface area contributed by atoms with Crippen LogP contribution < -0.4 is 0 Å². The fourth-order valence-electron chi connectivity index (χ4n) is 5.51. The average Bonchev–Trinajstić information content (AvgIpc) is 3.44. The zero-order valence-corrected chi connectivity index (χ0v) is 24.2. The number of hydrogen-bond acceptors (Lipinski definition) is 3. The van der Waals surface area contributed by atoms with Crippen molar-refractivity contribution in [1.82, 2.24) is 4.98 Å². The van der Waals surface area contributed by atoms with Gasteiger partial charge >= 0.3 is 0 Å². The van der Waals surface area contributed by atoms with Gasteiger partial charge in [0.15, 0.2) is 0 Å². The predicted octanol–water partition coefficient (Wildman–Crippen LogP) is 11.0. The van der Waals surface area contributed by atoms with Crippen LogP contribution in [0, 0.1) is 0 Å². The first-order chi connectivity index (χ1) is 20.0. The largest absolute Gasteiger partial charge is 0.256 e. The molecule has 1 heterocycles. The van der Waals surface area contributed by atoms with Crippen LogP contribution in [0.4, 0.5) is 5.69 Å². The van der Waals surface area contributed by atoms with Crippen molar-refractivity contribution in [2.24, 2.45) is 4.99 Å². The van der Waals surface area contributed by atoms with Gasteiger partial charge in [-0.3, -0.25) is 4.99 Å². The molecular formula is C38H30N2S. The zero-order valence-electron chi connectivity index (χ0n) is 23.4. The molecule has 0 N–H and O–H groups in total. The van der Waals surface area contributed by atoms with E-state index in [4.69, 9.17) is 9.98 Å². The number of benzene rings is 6. The zero-order chi connectivity index (χ0) is 28.0. The van der Waals surface area contributed by atoms with Gasteiger partial charge < -0.3 is 0 Å². The molecular weight excluding hydrogens is 516 g/mol. The lowest BCUT2D eigenvalue weighted by Crippen LogP contribution is -2.10. The number of rotatable bonds is 4. The van der Waals surface area contributed by atoms with E-state index in [1.165, 1.54) is 42.9 Å². The number of thiazole rings is 1. The number of aromatic nitrogens is 1. The van der Waals surface area contributed by atoms with Crippen molar-refractivity contribution in [3.05, 3.63) is 132 Å². The number of fused-ring (bicyclic) bond motifs is 4. The van der Waals surface area contributed by atoms with E-state index in [9.17, 15) is 0 Å². The van der Waals surface area contributed by atoms with Crippen LogP contribution in [0.25, 0.3) is 53.5 Å². The Morgan fingerprint density at radius 2 is 1.34 bits per heavy atom. The van der Waals surface area contributed by atoms with Crippen molar-refractivity contribution in [3.63, 3.8) is 0 Å². The summed E-state index contributed by atoms with van der Waals surface area (Å²) in [5.74, 6) is 0. The maximum absolute atomic E-state index is 5.23.